The van der Waals surface area contributed by atoms with Gasteiger partial charge < -0.3 is 15.3 Å². The molecule has 218 valence electrons. The molecule has 0 saturated carbocycles. The second-order valence-corrected chi connectivity index (χ2v) is 10.5. The number of para-hydroxylation sites is 1. The van der Waals surface area contributed by atoms with E-state index in [2.05, 4.69) is 39.7 Å². The van der Waals surface area contributed by atoms with Crippen LogP contribution in [0.5, 0.6) is 5.75 Å². The Morgan fingerprint density at radius 2 is 1.40 bits per heavy atom. The van der Waals surface area contributed by atoms with Crippen molar-refractivity contribution in [2.75, 3.05) is 6.54 Å². The zero-order valence-electron chi connectivity index (χ0n) is 23.9. The Morgan fingerprint density at radius 1 is 0.860 bits per heavy atom. The normalized spacial score (nSPS) is 13.1. The molecule has 0 unspecified atom stereocenters. The minimum Gasteiger partial charge on any atom is -0.507 e. The van der Waals surface area contributed by atoms with Crippen molar-refractivity contribution >= 4 is 22.7 Å². The number of urea groups is 1. The van der Waals surface area contributed by atoms with E-state index in [0.29, 0.717) is 36.3 Å². The summed E-state index contributed by atoms with van der Waals surface area (Å²) < 4.78 is 5.74. The summed E-state index contributed by atoms with van der Waals surface area (Å²) in [4.78, 5) is 27.6. The smallest absolute Gasteiger partial charge is 0.343 e. The third-order valence-corrected chi connectivity index (χ3v) is 7.52. The van der Waals surface area contributed by atoms with Crippen LogP contribution in [0, 0.1) is 5.92 Å². The maximum Gasteiger partial charge on any atom is 0.343 e. The molecule has 1 aromatic heterocycles. The number of benzene rings is 4. The Kier molecular flexibility index (Phi) is 9.29. The minimum atomic E-state index is -0.798. The molecule has 0 aliphatic rings. The van der Waals surface area contributed by atoms with E-state index in [9.17, 15) is 14.7 Å². The lowest BCUT2D eigenvalue weighted by atomic mass is 9.78. The number of nitrogens with two attached hydrogens (primary N) is 1. The molecular weight excluding hydrogens is 540 g/mol. The average Bonchev–Trinajstić information content (AvgIpc) is 3.02. The zero-order valence-corrected chi connectivity index (χ0v) is 23.9. The van der Waals surface area contributed by atoms with Gasteiger partial charge in [0, 0.05) is 37.2 Å². The highest BCUT2D eigenvalue weighted by atomic mass is 16.4. The highest BCUT2D eigenvalue weighted by Gasteiger charge is 2.35. The van der Waals surface area contributed by atoms with Gasteiger partial charge in [0.1, 0.15) is 11.3 Å². The van der Waals surface area contributed by atoms with Gasteiger partial charge in [-0.15, -0.1) is 0 Å². The van der Waals surface area contributed by atoms with Gasteiger partial charge in [-0.05, 0) is 35.7 Å². The molecule has 1 heterocycles. The van der Waals surface area contributed by atoms with Crippen molar-refractivity contribution in [1.29, 1.82) is 0 Å². The van der Waals surface area contributed by atoms with E-state index in [1.807, 2.05) is 66.7 Å². The maximum absolute atomic E-state index is 13.7. The number of hydrogen-bond donors (Lipinski definition) is 3. The van der Waals surface area contributed by atoms with Crippen LogP contribution in [0.3, 0.4) is 0 Å². The number of carbonyl (C=O) groups is 1. The SMILES string of the molecule is C/C(=N/NC(N)=O)[C@H](CN(Cc1ccccc1)Cc1ccccc1)[C@H](c1ccccc1)c1c(O)c2ccccc2oc1=O. The molecule has 4 N–H and O–H groups in total. The maximum atomic E-state index is 13.7. The van der Waals surface area contributed by atoms with E-state index >= 15 is 0 Å². The molecule has 0 saturated heterocycles. The first-order valence-electron chi connectivity index (χ1n) is 14.1. The number of nitrogens with one attached hydrogen (secondary N) is 1. The monoisotopic (exact) mass is 574 g/mol. The molecule has 8 nitrogen and oxygen atoms in total. The number of nitrogens with zero attached hydrogens (tertiary/aromatic N) is 2. The van der Waals surface area contributed by atoms with Crippen LogP contribution in [-0.2, 0) is 13.1 Å². The van der Waals surface area contributed by atoms with Crippen LogP contribution in [0.4, 0.5) is 4.79 Å². The summed E-state index contributed by atoms with van der Waals surface area (Å²) in [5, 5.41) is 16.4. The number of rotatable bonds is 11. The molecule has 0 bridgehead atoms. The second-order valence-electron chi connectivity index (χ2n) is 10.5. The van der Waals surface area contributed by atoms with Gasteiger partial charge in [-0.25, -0.2) is 15.0 Å². The quantitative estimate of drug-likeness (QED) is 0.102. The number of hydrogen-bond acceptors (Lipinski definition) is 6. The summed E-state index contributed by atoms with van der Waals surface area (Å²) in [5.41, 5.74) is 11.1. The van der Waals surface area contributed by atoms with E-state index in [-0.39, 0.29) is 11.3 Å². The fourth-order valence-electron chi connectivity index (χ4n) is 5.53. The van der Waals surface area contributed by atoms with Gasteiger partial charge in [-0.3, -0.25) is 4.90 Å². The molecule has 0 spiro atoms. The fourth-order valence-corrected chi connectivity index (χ4v) is 5.53. The lowest BCUT2D eigenvalue weighted by molar-refractivity contribution is 0.228. The van der Waals surface area contributed by atoms with Crippen molar-refractivity contribution in [2.45, 2.75) is 25.9 Å². The van der Waals surface area contributed by atoms with Crippen molar-refractivity contribution in [3.8, 4) is 5.75 Å². The van der Waals surface area contributed by atoms with Gasteiger partial charge >= 0.3 is 11.7 Å². The number of aromatic hydroxyl groups is 1. The van der Waals surface area contributed by atoms with Gasteiger partial charge in [0.05, 0.1) is 10.9 Å². The van der Waals surface area contributed by atoms with Crippen LogP contribution < -0.4 is 16.8 Å². The molecule has 0 radical (unpaired) electrons. The van der Waals surface area contributed by atoms with Crippen molar-refractivity contribution in [3.05, 3.63) is 148 Å². The third-order valence-electron chi connectivity index (χ3n) is 7.52. The van der Waals surface area contributed by atoms with Gasteiger partial charge in [-0.2, -0.15) is 5.10 Å². The van der Waals surface area contributed by atoms with E-state index in [1.165, 1.54) is 0 Å². The van der Waals surface area contributed by atoms with Crippen LogP contribution in [0.2, 0.25) is 0 Å². The lowest BCUT2D eigenvalue weighted by Gasteiger charge is -2.33. The first kappa shape index (κ1) is 29.3. The van der Waals surface area contributed by atoms with Gasteiger partial charge in [0.15, 0.2) is 0 Å². The van der Waals surface area contributed by atoms with Crippen molar-refractivity contribution in [3.63, 3.8) is 0 Å². The van der Waals surface area contributed by atoms with Gasteiger partial charge in [0.2, 0.25) is 0 Å². The third kappa shape index (κ3) is 7.17. The summed E-state index contributed by atoms with van der Waals surface area (Å²) >= 11 is 0. The van der Waals surface area contributed by atoms with E-state index < -0.39 is 23.5 Å². The van der Waals surface area contributed by atoms with Crippen molar-refractivity contribution in [1.82, 2.24) is 10.3 Å². The van der Waals surface area contributed by atoms with Crippen LogP contribution in [0.15, 0.2) is 130 Å². The molecular formula is C35H34N4O4. The first-order chi connectivity index (χ1) is 20.9. The predicted molar refractivity (Wildman–Crippen MR) is 169 cm³/mol. The van der Waals surface area contributed by atoms with Crippen LogP contribution >= 0.6 is 0 Å². The second kappa shape index (κ2) is 13.6. The number of amides is 2. The van der Waals surface area contributed by atoms with E-state index in [0.717, 1.165) is 16.7 Å². The molecule has 2 amide bonds. The van der Waals surface area contributed by atoms with E-state index in [4.69, 9.17) is 10.2 Å². The number of carbonyl (C=O) groups excluding carboxylic acids is 1. The summed E-state index contributed by atoms with van der Waals surface area (Å²) in [6.07, 6.45) is 0. The highest BCUT2D eigenvalue weighted by molar-refractivity contribution is 5.89. The predicted octanol–water partition coefficient (Wildman–Crippen LogP) is 5.99. The zero-order chi connectivity index (χ0) is 30.2. The molecule has 0 aliphatic heterocycles. The molecule has 8 heteroatoms. The standard InChI is InChI=1S/C35H34N4O4/c1-24(37-38-35(36)42)29(23-39(21-25-13-5-2-6-14-25)22-26-15-7-3-8-16-26)31(27-17-9-4-10-18-27)32-33(40)28-19-11-12-20-30(28)43-34(32)41/h2-20,29,31,40H,21-23H2,1H3,(H3,36,38,42)/b37-24-/t29-,31-/m0/s1. The molecule has 4 aromatic carbocycles. The van der Waals surface area contributed by atoms with Gasteiger partial charge in [-0.1, -0.05) is 103 Å². The van der Waals surface area contributed by atoms with Crippen LogP contribution in [0.25, 0.3) is 11.0 Å². The Labute approximate surface area is 250 Å². The average molecular weight is 575 g/mol. The van der Waals surface area contributed by atoms with Crippen LogP contribution in [-0.4, -0.2) is 28.3 Å². The summed E-state index contributed by atoms with van der Waals surface area (Å²) in [6, 6.07) is 35.9. The summed E-state index contributed by atoms with van der Waals surface area (Å²) in [5.74, 6) is -1.30. The Morgan fingerprint density at radius 3 is 1.98 bits per heavy atom. The highest BCUT2D eigenvalue weighted by Crippen LogP contribution is 2.39. The summed E-state index contributed by atoms with van der Waals surface area (Å²) in [7, 11) is 0. The van der Waals surface area contributed by atoms with Crippen molar-refractivity contribution < 1.29 is 14.3 Å². The lowest BCUT2D eigenvalue weighted by Crippen LogP contribution is -2.38. The summed E-state index contributed by atoms with van der Waals surface area (Å²) in [6.45, 7) is 3.44. The molecule has 0 fully saturated rings. The molecule has 43 heavy (non-hydrogen) atoms. The molecule has 0 aliphatic carbocycles. The topological polar surface area (TPSA) is 121 Å². The Hall–Kier alpha value is -5.21. The molecule has 5 rings (SSSR count). The van der Waals surface area contributed by atoms with Crippen LogP contribution in [0.1, 0.15) is 35.1 Å². The Bertz CT molecular complexity index is 1710. The Balaban J connectivity index is 1.67. The fraction of sp³-hybridized carbons (Fsp3) is 0.171. The van der Waals surface area contributed by atoms with Gasteiger partial charge in [0.25, 0.3) is 0 Å². The molecule has 5 aromatic rings. The minimum absolute atomic E-state index is 0.128. The van der Waals surface area contributed by atoms with Crippen molar-refractivity contribution in [2.24, 2.45) is 16.8 Å². The molecule has 2 atom stereocenters. The van der Waals surface area contributed by atoms with E-state index in [1.54, 1.807) is 31.2 Å². The largest absolute Gasteiger partial charge is 0.507 e. The number of hydrazone groups is 1. The number of primary amides is 1. The number of fused-ring (bicyclic) bond motifs is 1. The first-order valence-corrected chi connectivity index (χ1v) is 14.1.